The van der Waals surface area contributed by atoms with Gasteiger partial charge in [0.25, 0.3) is 0 Å². The third kappa shape index (κ3) is 0.801. The van der Waals surface area contributed by atoms with Gasteiger partial charge in [-0.1, -0.05) is 6.07 Å². The van der Waals surface area contributed by atoms with Crippen LogP contribution in [-0.2, 0) is 0 Å². The highest BCUT2D eigenvalue weighted by Gasteiger charge is 2.21. The molecule has 0 saturated heterocycles. The van der Waals surface area contributed by atoms with Gasteiger partial charge < -0.3 is 9.72 Å². The van der Waals surface area contributed by atoms with Crippen molar-refractivity contribution in [1.29, 1.82) is 0 Å². The number of H-pyrrole nitrogens is 1. The van der Waals surface area contributed by atoms with Crippen LogP contribution >= 0.6 is 0 Å². The van der Waals surface area contributed by atoms with Crippen molar-refractivity contribution in [1.82, 2.24) is 9.55 Å². The van der Waals surface area contributed by atoms with Gasteiger partial charge in [0.15, 0.2) is 0 Å². The number of nitrogens with zero attached hydrogens (tertiary/aromatic N) is 1. The van der Waals surface area contributed by atoms with Crippen molar-refractivity contribution in [2.45, 2.75) is 13.0 Å². The van der Waals surface area contributed by atoms with Gasteiger partial charge in [-0.25, -0.2) is 4.79 Å². The first-order chi connectivity index (χ1) is 6.77. The molecular weight excluding hydrogens is 180 g/mol. The maximum absolute atomic E-state index is 11.6. The van der Waals surface area contributed by atoms with Crippen molar-refractivity contribution in [2.75, 3.05) is 6.61 Å². The molecule has 1 N–H and O–H groups in total. The molecule has 0 aliphatic carbocycles. The Labute approximate surface area is 80.1 Å². The van der Waals surface area contributed by atoms with Crippen LogP contribution in [0, 0.1) is 0 Å². The number of rotatable bonds is 0. The van der Waals surface area contributed by atoms with Crippen LogP contribution < -0.4 is 10.4 Å². The second-order valence-electron chi connectivity index (χ2n) is 3.61. The molecule has 1 aromatic heterocycles. The van der Waals surface area contributed by atoms with Crippen LogP contribution in [0.5, 0.6) is 5.75 Å². The molecule has 0 saturated carbocycles. The second kappa shape index (κ2) is 2.41. The van der Waals surface area contributed by atoms with Crippen LogP contribution in [0.3, 0.4) is 0 Å². The first-order valence-corrected chi connectivity index (χ1v) is 4.63. The monoisotopic (exact) mass is 190 g/mol. The Bertz CT molecular complexity index is 553. The largest absolute Gasteiger partial charge is 0.489 e. The van der Waals surface area contributed by atoms with Gasteiger partial charge in [0, 0.05) is 0 Å². The predicted octanol–water partition coefficient (Wildman–Crippen LogP) is 1.28. The Morgan fingerprint density at radius 1 is 1.57 bits per heavy atom. The van der Waals surface area contributed by atoms with E-state index >= 15 is 0 Å². The van der Waals surface area contributed by atoms with Crippen molar-refractivity contribution in [3.63, 3.8) is 0 Å². The van der Waals surface area contributed by atoms with E-state index in [0.717, 1.165) is 16.8 Å². The molecule has 1 atom stereocenters. The maximum Gasteiger partial charge on any atom is 0.326 e. The van der Waals surface area contributed by atoms with Gasteiger partial charge in [0.05, 0.1) is 11.6 Å². The van der Waals surface area contributed by atoms with Crippen molar-refractivity contribution in [2.24, 2.45) is 0 Å². The zero-order valence-corrected chi connectivity index (χ0v) is 7.78. The Morgan fingerprint density at radius 2 is 2.43 bits per heavy atom. The first-order valence-electron chi connectivity index (χ1n) is 4.63. The summed E-state index contributed by atoms with van der Waals surface area (Å²) >= 11 is 0. The van der Waals surface area contributed by atoms with E-state index in [9.17, 15) is 4.79 Å². The van der Waals surface area contributed by atoms with Crippen LogP contribution in [0.4, 0.5) is 0 Å². The summed E-state index contributed by atoms with van der Waals surface area (Å²) < 4.78 is 7.30. The lowest BCUT2D eigenvalue weighted by atomic mass is 10.2. The molecule has 3 rings (SSSR count). The first kappa shape index (κ1) is 7.67. The molecule has 0 amide bonds. The summed E-state index contributed by atoms with van der Waals surface area (Å²) in [4.78, 5) is 14.4. The summed E-state index contributed by atoms with van der Waals surface area (Å²) in [6, 6.07) is 5.76. The SMILES string of the molecule is C[C@H]1COc2cccc3[nH]c(=O)n1c23. The fourth-order valence-corrected chi connectivity index (χ4v) is 1.97. The minimum atomic E-state index is -0.0525. The minimum Gasteiger partial charge on any atom is -0.489 e. The van der Waals surface area contributed by atoms with Crippen LogP contribution in [0.2, 0.25) is 0 Å². The number of aromatic amines is 1. The van der Waals surface area contributed by atoms with Crippen LogP contribution in [0.1, 0.15) is 13.0 Å². The number of nitrogens with one attached hydrogen (secondary N) is 1. The molecule has 14 heavy (non-hydrogen) atoms. The second-order valence-corrected chi connectivity index (χ2v) is 3.61. The lowest BCUT2D eigenvalue weighted by molar-refractivity contribution is 0.245. The molecule has 4 nitrogen and oxygen atoms in total. The number of hydrogen-bond acceptors (Lipinski definition) is 2. The van der Waals surface area contributed by atoms with E-state index in [-0.39, 0.29) is 11.7 Å². The molecule has 0 fully saturated rings. The third-order valence-corrected chi connectivity index (χ3v) is 2.62. The molecule has 4 heteroatoms. The predicted molar refractivity (Wildman–Crippen MR) is 52.8 cm³/mol. The van der Waals surface area contributed by atoms with Crippen LogP contribution in [-0.4, -0.2) is 16.2 Å². The summed E-state index contributed by atoms with van der Waals surface area (Å²) in [5.41, 5.74) is 1.68. The van der Waals surface area contributed by atoms with Gasteiger partial charge in [-0.2, -0.15) is 0 Å². The lowest BCUT2D eigenvalue weighted by Gasteiger charge is -2.21. The summed E-state index contributed by atoms with van der Waals surface area (Å²) in [7, 11) is 0. The van der Waals surface area contributed by atoms with Gasteiger partial charge >= 0.3 is 5.69 Å². The summed E-state index contributed by atoms with van der Waals surface area (Å²) in [5, 5.41) is 0. The van der Waals surface area contributed by atoms with E-state index < -0.39 is 0 Å². The molecule has 0 spiro atoms. The van der Waals surface area contributed by atoms with Crippen LogP contribution in [0.15, 0.2) is 23.0 Å². The molecule has 0 bridgehead atoms. The van der Waals surface area contributed by atoms with E-state index in [1.807, 2.05) is 25.1 Å². The molecule has 1 aliphatic rings. The highest BCUT2D eigenvalue weighted by atomic mass is 16.5. The number of hydrogen-bond donors (Lipinski definition) is 1. The van der Waals surface area contributed by atoms with Crippen molar-refractivity contribution >= 4 is 11.0 Å². The lowest BCUT2D eigenvalue weighted by Crippen LogP contribution is -2.27. The average molecular weight is 190 g/mol. The van der Waals surface area contributed by atoms with Crippen molar-refractivity contribution in [3.8, 4) is 5.75 Å². The molecule has 1 aromatic carbocycles. The third-order valence-electron chi connectivity index (χ3n) is 2.62. The number of ether oxygens (including phenoxy) is 1. The van der Waals surface area contributed by atoms with Crippen molar-refractivity contribution < 1.29 is 4.74 Å². The van der Waals surface area contributed by atoms with Gasteiger partial charge in [-0.3, -0.25) is 4.57 Å². The maximum atomic E-state index is 11.6. The standard InChI is InChI=1S/C10H10N2O2/c1-6-5-14-8-4-2-3-7-9(8)12(6)10(13)11-7/h2-4,6H,5H2,1H3,(H,11,13)/t6-/m0/s1. The van der Waals surface area contributed by atoms with Crippen molar-refractivity contribution in [3.05, 3.63) is 28.7 Å². The number of imidazole rings is 1. The van der Waals surface area contributed by atoms with Gasteiger partial charge in [-0.15, -0.1) is 0 Å². The topological polar surface area (TPSA) is 47.0 Å². The average Bonchev–Trinajstić information content (AvgIpc) is 2.51. The smallest absolute Gasteiger partial charge is 0.326 e. The summed E-state index contributed by atoms with van der Waals surface area (Å²) in [6.45, 7) is 2.54. The summed E-state index contributed by atoms with van der Waals surface area (Å²) in [6.07, 6.45) is 0. The zero-order chi connectivity index (χ0) is 9.71. The van der Waals surface area contributed by atoms with E-state index in [4.69, 9.17) is 4.74 Å². The Balaban J connectivity index is 2.54. The highest BCUT2D eigenvalue weighted by Crippen LogP contribution is 2.29. The number of para-hydroxylation sites is 1. The number of aromatic nitrogens is 2. The quantitative estimate of drug-likeness (QED) is 0.680. The fourth-order valence-electron chi connectivity index (χ4n) is 1.97. The van der Waals surface area contributed by atoms with Gasteiger partial charge in [0.1, 0.15) is 17.9 Å². The van der Waals surface area contributed by atoms with E-state index in [1.165, 1.54) is 0 Å². The molecular formula is C10H10N2O2. The fraction of sp³-hybridized carbons (Fsp3) is 0.300. The molecule has 0 unspecified atom stereocenters. The van der Waals surface area contributed by atoms with Gasteiger partial charge in [0.2, 0.25) is 0 Å². The Kier molecular flexibility index (Phi) is 1.32. The van der Waals surface area contributed by atoms with E-state index in [1.54, 1.807) is 4.57 Å². The highest BCUT2D eigenvalue weighted by molar-refractivity contribution is 5.82. The Morgan fingerprint density at radius 3 is 3.29 bits per heavy atom. The molecule has 1 aliphatic heterocycles. The molecule has 2 heterocycles. The number of benzene rings is 1. The molecule has 0 radical (unpaired) electrons. The minimum absolute atomic E-state index is 0.0525. The van der Waals surface area contributed by atoms with Gasteiger partial charge in [-0.05, 0) is 19.1 Å². The van der Waals surface area contributed by atoms with Crippen LogP contribution in [0.25, 0.3) is 11.0 Å². The Hall–Kier alpha value is -1.71. The molecule has 72 valence electrons. The molecule has 2 aromatic rings. The normalized spacial score (nSPS) is 19.6. The zero-order valence-electron chi connectivity index (χ0n) is 7.78. The van der Waals surface area contributed by atoms with E-state index in [0.29, 0.717) is 6.61 Å². The summed E-state index contributed by atoms with van der Waals surface area (Å²) in [5.74, 6) is 0.791. The van der Waals surface area contributed by atoms with E-state index in [2.05, 4.69) is 4.98 Å².